The summed E-state index contributed by atoms with van der Waals surface area (Å²) in [7, 11) is -4.04. The molecule has 0 bridgehead atoms. The van der Waals surface area contributed by atoms with Crippen molar-refractivity contribution < 1.29 is 27.9 Å². The molecule has 0 radical (unpaired) electrons. The Morgan fingerprint density at radius 3 is 2.17 bits per heavy atom. The lowest BCUT2D eigenvalue weighted by atomic mass is 9.89. The van der Waals surface area contributed by atoms with Crippen molar-refractivity contribution in [3.63, 3.8) is 0 Å². The number of hydrogen-bond donors (Lipinski definition) is 3. The summed E-state index contributed by atoms with van der Waals surface area (Å²) >= 11 is 0. The standard InChI is InChI=1S/C32H33N3O6S/c1-2-28(31(33)30(36)19-23-13-15-24(16-14-23)22-41-26-9-5-3-6-10-26)25-17-18-35(20-25)21-29(32(37)38)34-42(39,40)27-11-7-4-8-12-27/h3-18,20,28-29,33-34H,2,19,21-22H2,1H3,(H,37,38). The van der Waals surface area contributed by atoms with Crippen molar-refractivity contribution in [2.45, 2.75) is 49.8 Å². The first-order chi connectivity index (χ1) is 20.2. The molecule has 3 N–H and O–H groups in total. The minimum atomic E-state index is -4.04. The Morgan fingerprint density at radius 1 is 0.929 bits per heavy atom. The molecule has 2 atom stereocenters. The lowest BCUT2D eigenvalue weighted by Gasteiger charge is -2.16. The summed E-state index contributed by atoms with van der Waals surface area (Å²) in [4.78, 5) is 24.9. The number of para-hydroxylation sites is 1. The van der Waals surface area contributed by atoms with Gasteiger partial charge in [0.25, 0.3) is 0 Å². The van der Waals surface area contributed by atoms with Crippen molar-refractivity contribution in [3.8, 4) is 5.75 Å². The largest absolute Gasteiger partial charge is 0.489 e. The average molecular weight is 588 g/mol. The van der Waals surface area contributed by atoms with Crippen LogP contribution in [0.1, 0.15) is 36.0 Å². The van der Waals surface area contributed by atoms with Crippen LogP contribution in [-0.4, -0.2) is 41.6 Å². The molecule has 10 heteroatoms. The number of Topliss-reactive ketones (excluding diaryl/α,β-unsaturated/α-hetero) is 1. The van der Waals surface area contributed by atoms with Gasteiger partial charge in [0.15, 0.2) is 5.78 Å². The van der Waals surface area contributed by atoms with Crippen molar-refractivity contribution in [1.82, 2.24) is 9.29 Å². The Morgan fingerprint density at radius 2 is 1.55 bits per heavy atom. The van der Waals surface area contributed by atoms with Gasteiger partial charge in [0.05, 0.1) is 10.6 Å². The summed E-state index contributed by atoms with van der Waals surface area (Å²) in [5.41, 5.74) is 2.39. The lowest BCUT2D eigenvalue weighted by molar-refractivity contribution is -0.139. The van der Waals surface area contributed by atoms with Crippen molar-refractivity contribution in [2.75, 3.05) is 0 Å². The second kappa shape index (κ2) is 13.9. The molecule has 9 nitrogen and oxygen atoms in total. The smallest absolute Gasteiger partial charge is 0.323 e. The van der Waals surface area contributed by atoms with Gasteiger partial charge in [-0.1, -0.05) is 67.6 Å². The number of nitrogens with zero attached hydrogens (tertiary/aromatic N) is 1. The van der Waals surface area contributed by atoms with Crippen molar-refractivity contribution >= 4 is 27.5 Å². The summed E-state index contributed by atoms with van der Waals surface area (Å²) in [5.74, 6) is -1.34. The highest BCUT2D eigenvalue weighted by molar-refractivity contribution is 7.89. The van der Waals surface area contributed by atoms with Gasteiger partial charge in [-0.25, -0.2) is 8.42 Å². The van der Waals surface area contributed by atoms with Crippen LogP contribution in [-0.2, 0) is 39.2 Å². The number of carbonyl (C=O) groups excluding carboxylic acids is 1. The highest BCUT2D eigenvalue weighted by Gasteiger charge is 2.27. The number of sulfonamides is 1. The summed E-state index contributed by atoms with van der Waals surface area (Å²) < 4.78 is 34.9. The molecule has 0 saturated carbocycles. The molecule has 3 aromatic carbocycles. The zero-order chi connectivity index (χ0) is 30.1. The van der Waals surface area contributed by atoms with Crippen molar-refractivity contribution in [3.05, 3.63) is 120 Å². The molecule has 42 heavy (non-hydrogen) atoms. The van der Waals surface area contributed by atoms with Crippen molar-refractivity contribution in [2.24, 2.45) is 0 Å². The third-order valence-corrected chi connectivity index (χ3v) is 8.30. The molecule has 0 saturated heterocycles. The fourth-order valence-electron chi connectivity index (χ4n) is 4.53. The van der Waals surface area contributed by atoms with Crippen LogP contribution in [0.5, 0.6) is 5.75 Å². The Balaban J connectivity index is 1.36. The zero-order valence-electron chi connectivity index (χ0n) is 23.1. The zero-order valence-corrected chi connectivity index (χ0v) is 24.0. The quantitative estimate of drug-likeness (QED) is 0.170. The number of aromatic nitrogens is 1. The Bertz CT molecular complexity index is 1620. The minimum Gasteiger partial charge on any atom is -0.489 e. The number of carboxylic acids is 1. The first-order valence-electron chi connectivity index (χ1n) is 13.5. The van der Waals surface area contributed by atoms with E-state index < -0.39 is 28.0 Å². The van der Waals surface area contributed by atoms with E-state index in [0.717, 1.165) is 16.9 Å². The molecule has 218 valence electrons. The summed E-state index contributed by atoms with van der Waals surface area (Å²) in [6.45, 7) is 2.11. The second-order valence-corrected chi connectivity index (χ2v) is 11.6. The van der Waals surface area contributed by atoms with Crippen LogP contribution in [0.2, 0.25) is 0 Å². The number of ether oxygens (including phenoxy) is 1. The van der Waals surface area contributed by atoms with E-state index in [1.165, 1.54) is 12.1 Å². The first-order valence-corrected chi connectivity index (χ1v) is 15.0. The molecule has 1 aromatic heterocycles. The maximum Gasteiger partial charge on any atom is 0.323 e. The maximum absolute atomic E-state index is 13.0. The fraction of sp³-hybridized carbons (Fsp3) is 0.219. The topological polar surface area (TPSA) is 139 Å². The maximum atomic E-state index is 13.0. The van der Waals surface area contributed by atoms with E-state index in [9.17, 15) is 23.1 Å². The van der Waals surface area contributed by atoms with E-state index in [-0.39, 0.29) is 29.4 Å². The number of carbonyl (C=O) groups is 2. The third kappa shape index (κ3) is 8.02. The van der Waals surface area contributed by atoms with Crippen molar-refractivity contribution in [1.29, 1.82) is 5.41 Å². The molecular formula is C32H33N3O6S. The predicted molar refractivity (Wildman–Crippen MR) is 159 cm³/mol. The van der Waals surface area contributed by atoms with E-state index >= 15 is 0 Å². The summed E-state index contributed by atoms with van der Waals surface area (Å²) in [6, 6.07) is 24.9. The molecule has 0 amide bonds. The Hall–Kier alpha value is -4.54. The highest BCUT2D eigenvalue weighted by Crippen LogP contribution is 2.23. The number of aliphatic carboxylic acids is 1. The van der Waals surface area contributed by atoms with Gasteiger partial charge in [-0.15, -0.1) is 0 Å². The molecular weight excluding hydrogens is 554 g/mol. The first kappa shape index (κ1) is 30.4. The third-order valence-electron chi connectivity index (χ3n) is 6.81. The molecule has 0 aliphatic carbocycles. The second-order valence-electron chi connectivity index (χ2n) is 9.86. The van der Waals surface area contributed by atoms with Crippen LogP contribution in [0.25, 0.3) is 0 Å². The monoisotopic (exact) mass is 587 g/mol. The number of rotatable bonds is 15. The minimum absolute atomic E-state index is 0.0300. The van der Waals surface area contributed by atoms with Crippen LogP contribution >= 0.6 is 0 Å². The molecule has 0 fully saturated rings. The van der Waals surface area contributed by atoms with Gasteiger partial charge in [0.2, 0.25) is 10.0 Å². The molecule has 0 aliphatic rings. The predicted octanol–water partition coefficient (Wildman–Crippen LogP) is 4.82. The van der Waals surface area contributed by atoms with Gasteiger partial charge in [-0.05, 0) is 53.4 Å². The number of carboxylic acid groups (broad SMARTS) is 1. The Labute approximate surface area is 245 Å². The fourth-order valence-corrected chi connectivity index (χ4v) is 5.73. The average Bonchev–Trinajstić information content (AvgIpc) is 3.45. The lowest BCUT2D eigenvalue weighted by Crippen LogP contribution is -2.43. The number of ketones is 1. The number of nitrogens with one attached hydrogen (secondary N) is 2. The number of benzene rings is 3. The highest BCUT2D eigenvalue weighted by atomic mass is 32.2. The van der Waals surface area contributed by atoms with Gasteiger partial charge in [0, 0.05) is 31.3 Å². The SMILES string of the molecule is CCC(C(=N)C(=O)Cc1ccc(COc2ccccc2)cc1)c1ccn(CC(NS(=O)(=O)c2ccccc2)C(=O)O)c1. The van der Waals surface area contributed by atoms with Crippen LogP contribution in [0, 0.1) is 5.41 Å². The van der Waals surface area contributed by atoms with E-state index in [2.05, 4.69) is 4.72 Å². The van der Waals surface area contributed by atoms with E-state index in [1.807, 2.05) is 61.5 Å². The number of hydrogen-bond acceptors (Lipinski definition) is 6. The molecule has 0 spiro atoms. The van der Waals surface area contributed by atoms with Crippen LogP contribution < -0.4 is 9.46 Å². The summed E-state index contributed by atoms with van der Waals surface area (Å²) in [6.07, 6.45) is 3.86. The van der Waals surface area contributed by atoms with E-state index in [4.69, 9.17) is 10.1 Å². The summed E-state index contributed by atoms with van der Waals surface area (Å²) in [5, 5.41) is 18.3. The van der Waals surface area contributed by atoms with E-state index in [0.29, 0.717) is 18.6 Å². The molecule has 2 unspecified atom stereocenters. The van der Waals surface area contributed by atoms with Crippen LogP contribution in [0.15, 0.2) is 108 Å². The van der Waals surface area contributed by atoms with Gasteiger partial charge in [0.1, 0.15) is 18.4 Å². The van der Waals surface area contributed by atoms with Gasteiger partial charge in [-0.3, -0.25) is 9.59 Å². The van der Waals surface area contributed by atoms with E-state index in [1.54, 1.807) is 41.2 Å². The molecule has 4 aromatic rings. The van der Waals surface area contributed by atoms with Crippen LogP contribution in [0.4, 0.5) is 0 Å². The van der Waals surface area contributed by atoms with Gasteiger partial charge in [-0.2, -0.15) is 4.72 Å². The van der Waals surface area contributed by atoms with Gasteiger partial charge >= 0.3 is 5.97 Å². The normalized spacial score (nSPS) is 12.8. The molecule has 1 heterocycles. The molecule has 4 rings (SSSR count). The van der Waals surface area contributed by atoms with Gasteiger partial charge < -0.3 is 19.8 Å². The molecule has 0 aliphatic heterocycles. The van der Waals surface area contributed by atoms with Crippen LogP contribution in [0.3, 0.4) is 0 Å². The Kier molecular flexibility index (Phi) is 10.1.